The molecule has 4 fully saturated rings. The summed E-state index contributed by atoms with van der Waals surface area (Å²) in [4.78, 5) is 15.3. The highest BCUT2D eigenvalue weighted by Crippen LogP contribution is 2.65. The fourth-order valence-electron chi connectivity index (χ4n) is 7.87. The summed E-state index contributed by atoms with van der Waals surface area (Å²) in [6.07, 6.45) is 11.3. The molecule has 0 heterocycles. The first kappa shape index (κ1) is 24.2. The highest BCUT2D eigenvalue weighted by molar-refractivity contribution is 5.96. The number of nitrogen functional groups attached to an aromatic ring is 1. The van der Waals surface area contributed by atoms with E-state index < -0.39 is 0 Å². The Hall–Kier alpha value is -3.17. The minimum atomic E-state index is 0.0562. The first-order chi connectivity index (χ1) is 18.0. The average molecular weight is 491 g/mol. The van der Waals surface area contributed by atoms with Crippen LogP contribution in [0, 0.1) is 23.2 Å². The van der Waals surface area contributed by atoms with Gasteiger partial charge in [0.1, 0.15) is 0 Å². The molecular weight excluding hydrogens is 452 g/mol. The third-order valence-corrected chi connectivity index (χ3v) is 9.25. The van der Waals surface area contributed by atoms with Crippen molar-refractivity contribution >= 4 is 17.5 Å². The summed E-state index contributed by atoms with van der Waals surface area (Å²) >= 11 is 0. The summed E-state index contributed by atoms with van der Waals surface area (Å²) in [5, 5.41) is 0. The number of rotatable bonds is 9. The molecule has 3 aromatic carbocycles. The van der Waals surface area contributed by atoms with Gasteiger partial charge in [0.05, 0.1) is 0 Å². The molecule has 0 spiro atoms. The fraction of sp³-hybridized carbons (Fsp3) is 0.382. The van der Waals surface area contributed by atoms with Gasteiger partial charge in [-0.15, -0.1) is 0 Å². The highest BCUT2D eigenvalue weighted by Gasteiger charge is 2.57. The van der Waals surface area contributed by atoms with E-state index in [1.807, 2.05) is 42.5 Å². The predicted octanol–water partition coefficient (Wildman–Crippen LogP) is 7.02. The van der Waals surface area contributed by atoms with Gasteiger partial charge in [-0.05, 0) is 108 Å². The monoisotopic (exact) mass is 490 g/mol. The van der Waals surface area contributed by atoms with E-state index in [2.05, 4.69) is 48.3 Å². The molecule has 3 nitrogen and oxygen atoms in total. The van der Waals surface area contributed by atoms with Crippen molar-refractivity contribution in [3.8, 4) is 11.1 Å². The highest BCUT2D eigenvalue weighted by atomic mass is 16.1. The van der Waals surface area contributed by atoms with Gasteiger partial charge in [0.15, 0.2) is 5.78 Å². The summed E-state index contributed by atoms with van der Waals surface area (Å²) in [6, 6.07) is 24.8. The molecule has 4 bridgehead atoms. The molecule has 2 unspecified atom stereocenters. The summed E-state index contributed by atoms with van der Waals surface area (Å²) in [5.74, 6) is 3.08. The normalized spacial score (nSPS) is 25.9. The Morgan fingerprint density at radius 2 is 1.68 bits per heavy atom. The van der Waals surface area contributed by atoms with E-state index in [0.29, 0.717) is 17.5 Å². The summed E-state index contributed by atoms with van der Waals surface area (Å²) in [7, 11) is 2.29. The van der Waals surface area contributed by atoms with Crippen molar-refractivity contribution in [2.24, 2.45) is 23.2 Å². The molecule has 4 aliphatic rings. The zero-order valence-corrected chi connectivity index (χ0v) is 21.9. The number of hydrogen-bond donors (Lipinski definition) is 1. The Labute approximate surface area is 221 Å². The number of carbonyl (C=O) groups is 1. The fourth-order valence-corrected chi connectivity index (χ4v) is 7.87. The van der Waals surface area contributed by atoms with Crippen molar-refractivity contribution in [3.63, 3.8) is 0 Å². The van der Waals surface area contributed by atoms with Crippen LogP contribution in [0.4, 0.5) is 5.69 Å². The minimum Gasteiger partial charge on any atom is -0.398 e. The van der Waals surface area contributed by atoms with Gasteiger partial charge in [0.2, 0.25) is 0 Å². The lowest BCUT2D eigenvalue weighted by Crippen LogP contribution is -2.36. The van der Waals surface area contributed by atoms with Crippen LogP contribution in [0.1, 0.15) is 48.8 Å². The third kappa shape index (κ3) is 5.15. The molecule has 4 saturated carbocycles. The molecule has 0 aliphatic heterocycles. The van der Waals surface area contributed by atoms with Crippen LogP contribution < -0.4 is 5.73 Å². The van der Waals surface area contributed by atoms with Crippen molar-refractivity contribution in [2.45, 2.75) is 45.1 Å². The lowest BCUT2D eigenvalue weighted by atomic mass is 9.75. The van der Waals surface area contributed by atoms with Crippen LogP contribution in [0.5, 0.6) is 0 Å². The first-order valence-electron chi connectivity index (χ1n) is 13.9. The molecule has 4 aliphatic carbocycles. The van der Waals surface area contributed by atoms with Crippen LogP contribution in [0.25, 0.3) is 17.2 Å². The number of anilines is 1. The Balaban J connectivity index is 1.04. The molecular formula is C34H38N2O. The maximum Gasteiger partial charge on any atom is 0.160 e. The predicted molar refractivity (Wildman–Crippen MR) is 153 cm³/mol. The number of ketones is 1. The van der Waals surface area contributed by atoms with Gasteiger partial charge >= 0.3 is 0 Å². The van der Waals surface area contributed by atoms with E-state index in [1.165, 1.54) is 44.2 Å². The molecule has 0 radical (unpaired) electrons. The van der Waals surface area contributed by atoms with Crippen LogP contribution >= 0.6 is 0 Å². The second-order valence-electron chi connectivity index (χ2n) is 12.1. The number of carbonyl (C=O) groups excluding carboxylic acids is 1. The van der Waals surface area contributed by atoms with Gasteiger partial charge in [-0.25, -0.2) is 0 Å². The van der Waals surface area contributed by atoms with Gasteiger partial charge in [0, 0.05) is 25.2 Å². The number of benzene rings is 3. The second-order valence-corrected chi connectivity index (χ2v) is 12.1. The van der Waals surface area contributed by atoms with E-state index in [9.17, 15) is 4.79 Å². The molecule has 2 N–H and O–H groups in total. The van der Waals surface area contributed by atoms with Gasteiger partial charge in [-0.2, -0.15) is 0 Å². The number of nitrogens with two attached hydrogens (primary N) is 1. The first-order valence-corrected chi connectivity index (χ1v) is 13.9. The second kappa shape index (κ2) is 9.95. The molecule has 190 valence electrons. The van der Waals surface area contributed by atoms with Crippen LogP contribution in [0.15, 0.2) is 78.9 Å². The molecule has 2 atom stereocenters. The van der Waals surface area contributed by atoms with Crippen molar-refractivity contribution in [2.75, 3.05) is 19.3 Å². The van der Waals surface area contributed by atoms with Crippen molar-refractivity contribution in [1.29, 1.82) is 0 Å². The smallest absolute Gasteiger partial charge is 0.160 e. The number of hydrogen-bond acceptors (Lipinski definition) is 3. The van der Waals surface area contributed by atoms with Crippen LogP contribution in [-0.2, 0) is 17.8 Å². The van der Waals surface area contributed by atoms with Gasteiger partial charge in [-0.3, -0.25) is 4.79 Å². The average Bonchev–Trinajstić information content (AvgIpc) is 3.27. The van der Waals surface area contributed by atoms with Gasteiger partial charge in [0.25, 0.3) is 0 Å². The van der Waals surface area contributed by atoms with Gasteiger partial charge < -0.3 is 10.6 Å². The van der Waals surface area contributed by atoms with E-state index in [0.717, 1.165) is 46.6 Å². The summed E-state index contributed by atoms with van der Waals surface area (Å²) < 4.78 is 0. The maximum absolute atomic E-state index is 12.7. The largest absolute Gasteiger partial charge is 0.398 e. The lowest BCUT2D eigenvalue weighted by Gasteiger charge is -2.36. The molecule has 0 amide bonds. The molecule has 0 aromatic heterocycles. The van der Waals surface area contributed by atoms with E-state index >= 15 is 0 Å². The van der Waals surface area contributed by atoms with Gasteiger partial charge in [-0.1, -0.05) is 66.7 Å². The number of nitrogens with zero attached hydrogens (tertiary/aromatic N) is 1. The van der Waals surface area contributed by atoms with E-state index in [-0.39, 0.29) is 5.78 Å². The lowest BCUT2D eigenvalue weighted by molar-refractivity contribution is -0.113. The molecule has 7 rings (SSSR count). The maximum atomic E-state index is 12.7. The van der Waals surface area contributed by atoms with E-state index in [1.54, 1.807) is 6.08 Å². The zero-order valence-electron chi connectivity index (χ0n) is 21.9. The zero-order chi connectivity index (χ0) is 25.4. The van der Waals surface area contributed by atoms with Crippen LogP contribution in [-0.4, -0.2) is 24.3 Å². The molecule has 37 heavy (non-hydrogen) atoms. The SMILES string of the molecule is CN(Cc1ccc(/C=C/C(=O)Cc2cc(-c3ccccc3)ccc2N)cc1)CC12CC3CC(CC1C3)C2. The van der Waals surface area contributed by atoms with Crippen molar-refractivity contribution < 1.29 is 4.79 Å². The van der Waals surface area contributed by atoms with Crippen LogP contribution in [0.3, 0.4) is 0 Å². The number of allylic oxidation sites excluding steroid dienone is 1. The quantitative estimate of drug-likeness (QED) is 0.259. The van der Waals surface area contributed by atoms with Crippen molar-refractivity contribution in [3.05, 3.63) is 95.6 Å². The molecule has 0 saturated heterocycles. The van der Waals surface area contributed by atoms with Crippen LogP contribution in [0.2, 0.25) is 0 Å². The molecule has 3 heteroatoms. The Morgan fingerprint density at radius 1 is 0.946 bits per heavy atom. The Bertz CT molecular complexity index is 1280. The van der Waals surface area contributed by atoms with E-state index in [4.69, 9.17) is 5.73 Å². The summed E-state index contributed by atoms with van der Waals surface area (Å²) in [6.45, 7) is 2.24. The Kier molecular flexibility index (Phi) is 6.50. The standard InChI is InChI=1S/C34H38N2O/c1-36(23-34-20-26-15-27(21-34)17-31(34)16-26)22-25-9-7-24(8-10-25)11-13-32(37)19-30-18-29(12-14-33(30)35)28-5-3-2-4-6-28/h2-14,18,26-27,31H,15-17,19-23,35H2,1H3/b13-11+. The third-order valence-electron chi connectivity index (χ3n) is 9.25. The van der Waals surface area contributed by atoms with Crippen molar-refractivity contribution in [1.82, 2.24) is 4.90 Å². The topological polar surface area (TPSA) is 46.3 Å². The Morgan fingerprint density at radius 3 is 2.41 bits per heavy atom. The minimum absolute atomic E-state index is 0.0562. The summed E-state index contributed by atoms with van der Waals surface area (Å²) in [5.41, 5.74) is 12.9. The molecule has 3 aromatic rings.